The van der Waals surface area contributed by atoms with Gasteiger partial charge in [-0.1, -0.05) is 45.0 Å². The molecule has 0 heterocycles. The molecule has 0 aromatic heterocycles. The highest BCUT2D eigenvalue weighted by atomic mass is 19.3. The second-order valence-corrected chi connectivity index (χ2v) is 5.27. The first-order valence-corrected chi connectivity index (χ1v) is 6.59. The van der Waals surface area contributed by atoms with Crippen LogP contribution in [0.25, 0.3) is 0 Å². The molecule has 1 unspecified atom stereocenters. The molecule has 0 aliphatic rings. The van der Waals surface area contributed by atoms with Crippen molar-refractivity contribution in [3.63, 3.8) is 0 Å². The Kier molecular flexibility index (Phi) is 5.27. The lowest BCUT2D eigenvalue weighted by Gasteiger charge is -2.20. The summed E-state index contributed by atoms with van der Waals surface area (Å²) in [5, 5.41) is 0. The van der Waals surface area contributed by atoms with E-state index < -0.39 is 5.92 Å². The number of hydrogen-bond acceptors (Lipinski definition) is 1. The van der Waals surface area contributed by atoms with Gasteiger partial charge in [0.2, 0.25) is 0 Å². The van der Waals surface area contributed by atoms with E-state index in [-0.39, 0.29) is 23.8 Å². The van der Waals surface area contributed by atoms with Gasteiger partial charge in [-0.15, -0.1) is 0 Å². The normalized spacial score (nSPS) is 13.9. The fourth-order valence-electron chi connectivity index (χ4n) is 2.17. The highest BCUT2D eigenvalue weighted by molar-refractivity contribution is 5.28. The third-order valence-electron chi connectivity index (χ3n) is 3.25. The summed E-state index contributed by atoms with van der Waals surface area (Å²) in [6, 6.07) is 6.64. The molecule has 0 bridgehead atoms. The molecule has 102 valence electrons. The Morgan fingerprint density at radius 3 is 2.11 bits per heavy atom. The Morgan fingerprint density at radius 2 is 1.72 bits per heavy atom. The first-order valence-electron chi connectivity index (χ1n) is 6.59. The van der Waals surface area contributed by atoms with Crippen molar-refractivity contribution in [2.75, 3.05) is 6.54 Å². The highest BCUT2D eigenvalue weighted by Crippen LogP contribution is 2.35. The van der Waals surface area contributed by atoms with Crippen molar-refractivity contribution in [1.29, 1.82) is 0 Å². The Labute approximate surface area is 108 Å². The number of halogens is 2. The van der Waals surface area contributed by atoms with Gasteiger partial charge in [0.05, 0.1) is 0 Å². The maximum Gasteiger partial charge on any atom is 0.273 e. The summed E-state index contributed by atoms with van der Waals surface area (Å²) in [5.41, 5.74) is 6.81. The molecule has 0 aliphatic carbocycles. The van der Waals surface area contributed by atoms with Gasteiger partial charge in [0, 0.05) is 12.0 Å². The van der Waals surface area contributed by atoms with Crippen LogP contribution >= 0.6 is 0 Å². The SMILES string of the molecule is CCC(CN)c1ccc(C(F)(F)CC(C)C)cc1. The minimum absolute atomic E-state index is 0.0212. The fourth-order valence-corrected chi connectivity index (χ4v) is 2.17. The number of nitrogens with two attached hydrogens (primary N) is 1. The summed E-state index contributed by atoms with van der Waals surface area (Å²) in [7, 11) is 0. The van der Waals surface area contributed by atoms with Gasteiger partial charge in [-0.25, -0.2) is 8.78 Å². The zero-order valence-electron chi connectivity index (χ0n) is 11.4. The number of benzene rings is 1. The van der Waals surface area contributed by atoms with Crippen LogP contribution in [-0.4, -0.2) is 6.54 Å². The van der Waals surface area contributed by atoms with Gasteiger partial charge in [0.25, 0.3) is 5.92 Å². The predicted molar refractivity (Wildman–Crippen MR) is 71.9 cm³/mol. The van der Waals surface area contributed by atoms with Crippen LogP contribution in [0.4, 0.5) is 8.78 Å². The van der Waals surface area contributed by atoms with Crippen molar-refractivity contribution in [2.45, 2.75) is 45.5 Å². The second-order valence-electron chi connectivity index (χ2n) is 5.27. The van der Waals surface area contributed by atoms with E-state index in [1.807, 2.05) is 13.8 Å². The molecule has 0 aliphatic heterocycles. The zero-order valence-corrected chi connectivity index (χ0v) is 11.4. The lowest BCUT2D eigenvalue weighted by molar-refractivity contribution is -0.0249. The lowest BCUT2D eigenvalue weighted by Crippen LogP contribution is -2.17. The quantitative estimate of drug-likeness (QED) is 0.806. The zero-order chi connectivity index (χ0) is 13.8. The maximum atomic E-state index is 13.9. The molecule has 1 aromatic carbocycles. The monoisotopic (exact) mass is 255 g/mol. The number of rotatable bonds is 6. The molecule has 18 heavy (non-hydrogen) atoms. The molecule has 0 amide bonds. The van der Waals surface area contributed by atoms with E-state index in [0.717, 1.165) is 12.0 Å². The van der Waals surface area contributed by atoms with Crippen molar-refractivity contribution < 1.29 is 8.78 Å². The summed E-state index contributed by atoms with van der Waals surface area (Å²) >= 11 is 0. The minimum Gasteiger partial charge on any atom is -0.330 e. The Bertz CT molecular complexity index is 353. The molecule has 2 N–H and O–H groups in total. The van der Waals surface area contributed by atoms with E-state index >= 15 is 0 Å². The lowest BCUT2D eigenvalue weighted by atomic mass is 9.93. The molecule has 1 atom stereocenters. The van der Waals surface area contributed by atoms with E-state index in [0.29, 0.717) is 6.54 Å². The van der Waals surface area contributed by atoms with Crippen LogP contribution in [0.2, 0.25) is 0 Å². The van der Waals surface area contributed by atoms with Crippen LogP contribution in [0.15, 0.2) is 24.3 Å². The van der Waals surface area contributed by atoms with Crippen molar-refractivity contribution >= 4 is 0 Å². The predicted octanol–water partition coefficient (Wildman–Crippen LogP) is 4.28. The number of hydrogen-bond donors (Lipinski definition) is 1. The summed E-state index contributed by atoms with van der Waals surface area (Å²) in [4.78, 5) is 0. The molecular weight excluding hydrogens is 232 g/mol. The third kappa shape index (κ3) is 3.77. The van der Waals surface area contributed by atoms with Gasteiger partial charge < -0.3 is 5.73 Å². The van der Waals surface area contributed by atoms with Crippen molar-refractivity contribution in [3.05, 3.63) is 35.4 Å². The van der Waals surface area contributed by atoms with Gasteiger partial charge in [-0.3, -0.25) is 0 Å². The Hall–Kier alpha value is -0.960. The van der Waals surface area contributed by atoms with E-state index in [1.54, 1.807) is 12.1 Å². The van der Waals surface area contributed by atoms with Crippen LogP contribution in [-0.2, 0) is 5.92 Å². The Balaban J connectivity index is 2.88. The Morgan fingerprint density at radius 1 is 1.17 bits per heavy atom. The van der Waals surface area contributed by atoms with Crippen LogP contribution in [0, 0.1) is 5.92 Å². The smallest absolute Gasteiger partial charge is 0.273 e. The largest absolute Gasteiger partial charge is 0.330 e. The van der Waals surface area contributed by atoms with Crippen LogP contribution in [0.1, 0.15) is 50.7 Å². The topological polar surface area (TPSA) is 26.0 Å². The van der Waals surface area contributed by atoms with Crippen molar-refractivity contribution in [3.8, 4) is 0 Å². The third-order valence-corrected chi connectivity index (χ3v) is 3.25. The molecule has 0 radical (unpaired) electrons. The van der Waals surface area contributed by atoms with Gasteiger partial charge in [0.1, 0.15) is 0 Å². The first kappa shape index (κ1) is 15.1. The van der Waals surface area contributed by atoms with E-state index in [9.17, 15) is 8.78 Å². The van der Waals surface area contributed by atoms with Gasteiger partial charge in [-0.2, -0.15) is 0 Å². The van der Waals surface area contributed by atoms with E-state index in [2.05, 4.69) is 6.92 Å². The molecule has 3 heteroatoms. The van der Waals surface area contributed by atoms with Crippen molar-refractivity contribution in [1.82, 2.24) is 0 Å². The van der Waals surface area contributed by atoms with Gasteiger partial charge in [0.15, 0.2) is 0 Å². The van der Waals surface area contributed by atoms with Gasteiger partial charge >= 0.3 is 0 Å². The van der Waals surface area contributed by atoms with Crippen molar-refractivity contribution in [2.24, 2.45) is 11.7 Å². The summed E-state index contributed by atoms with van der Waals surface area (Å²) in [6.07, 6.45) is 0.818. The summed E-state index contributed by atoms with van der Waals surface area (Å²) in [5.74, 6) is -2.50. The van der Waals surface area contributed by atoms with E-state index in [1.165, 1.54) is 12.1 Å². The molecule has 0 saturated heterocycles. The van der Waals surface area contributed by atoms with Crippen LogP contribution in [0.3, 0.4) is 0 Å². The fraction of sp³-hybridized carbons (Fsp3) is 0.600. The second kappa shape index (κ2) is 6.28. The van der Waals surface area contributed by atoms with E-state index in [4.69, 9.17) is 5.73 Å². The molecule has 0 spiro atoms. The highest BCUT2D eigenvalue weighted by Gasteiger charge is 2.32. The molecule has 0 saturated carbocycles. The standard InChI is InChI=1S/C15H23F2N/c1-4-12(10-18)13-5-7-14(8-6-13)15(16,17)9-11(2)3/h5-8,11-12H,4,9-10,18H2,1-3H3. The van der Waals surface area contributed by atoms with Crippen LogP contribution < -0.4 is 5.73 Å². The maximum absolute atomic E-state index is 13.9. The summed E-state index contributed by atoms with van der Waals surface area (Å²) in [6.45, 7) is 6.23. The van der Waals surface area contributed by atoms with Crippen LogP contribution in [0.5, 0.6) is 0 Å². The van der Waals surface area contributed by atoms with Gasteiger partial charge in [-0.05, 0) is 30.4 Å². The molecule has 0 fully saturated rings. The molecule has 1 aromatic rings. The molecule has 1 nitrogen and oxygen atoms in total. The average Bonchev–Trinajstić information content (AvgIpc) is 2.29. The molecular formula is C15H23F2N. The average molecular weight is 255 g/mol. The summed E-state index contributed by atoms with van der Waals surface area (Å²) < 4.78 is 27.8. The molecule has 1 rings (SSSR count). The minimum atomic E-state index is -2.74. The first-order chi connectivity index (χ1) is 8.40. The number of alkyl halides is 2.